The Balaban J connectivity index is 2.64. The Labute approximate surface area is 101 Å². The molecule has 0 aliphatic heterocycles. The van der Waals surface area contributed by atoms with E-state index in [9.17, 15) is 0 Å². The standard InChI is InChI=1S/C15H16N2/c1-9-8-14-15(11(3)10(9)2)16-12(4)13-6-5-7-17(13)14/h5-8H,1-4H3. The van der Waals surface area contributed by atoms with Crippen molar-refractivity contribution in [3.63, 3.8) is 0 Å². The van der Waals surface area contributed by atoms with E-state index in [-0.39, 0.29) is 0 Å². The van der Waals surface area contributed by atoms with Gasteiger partial charge in [0, 0.05) is 6.20 Å². The molecule has 0 radical (unpaired) electrons. The molecule has 3 rings (SSSR count). The molecule has 3 aromatic rings. The van der Waals surface area contributed by atoms with Crippen molar-refractivity contribution in [1.29, 1.82) is 0 Å². The lowest BCUT2D eigenvalue weighted by Gasteiger charge is -2.12. The molecule has 2 aromatic heterocycles. The number of aryl methyl sites for hydroxylation is 3. The highest BCUT2D eigenvalue weighted by Gasteiger charge is 2.10. The number of rotatable bonds is 0. The second kappa shape index (κ2) is 3.33. The van der Waals surface area contributed by atoms with Crippen LogP contribution in [0.4, 0.5) is 0 Å². The maximum Gasteiger partial charge on any atom is 0.0906 e. The zero-order valence-corrected chi connectivity index (χ0v) is 10.7. The molecule has 0 aliphatic rings. The van der Waals surface area contributed by atoms with Crippen molar-refractivity contribution in [2.24, 2.45) is 0 Å². The number of nitrogens with zero attached hydrogens (tertiary/aromatic N) is 2. The van der Waals surface area contributed by atoms with Crippen molar-refractivity contribution >= 4 is 16.6 Å². The summed E-state index contributed by atoms with van der Waals surface area (Å²) in [6.45, 7) is 8.56. The summed E-state index contributed by atoms with van der Waals surface area (Å²) < 4.78 is 2.23. The highest BCUT2D eigenvalue weighted by Crippen LogP contribution is 2.25. The average Bonchev–Trinajstić information content (AvgIpc) is 2.78. The highest BCUT2D eigenvalue weighted by atomic mass is 14.9. The van der Waals surface area contributed by atoms with Crippen molar-refractivity contribution in [1.82, 2.24) is 9.38 Å². The second-order valence-corrected chi connectivity index (χ2v) is 4.77. The lowest BCUT2D eigenvalue weighted by atomic mass is 10.0. The molecule has 0 amide bonds. The van der Waals surface area contributed by atoms with E-state index in [1.165, 1.54) is 27.7 Å². The van der Waals surface area contributed by atoms with E-state index in [2.05, 4.69) is 56.5 Å². The van der Waals surface area contributed by atoms with Crippen LogP contribution in [-0.2, 0) is 0 Å². The average molecular weight is 224 g/mol. The van der Waals surface area contributed by atoms with Crippen molar-refractivity contribution in [3.05, 3.63) is 46.8 Å². The van der Waals surface area contributed by atoms with Gasteiger partial charge in [0.05, 0.1) is 22.2 Å². The fourth-order valence-corrected chi connectivity index (χ4v) is 2.48. The van der Waals surface area contributed by atoms with E-state index in [1.807, 2.05) is 0 Å². The van der Waals surface area contributed by atoms with Crippen molar-refractivity contribution in [2.45, 2.75) is 27.7 Å². The summed E-state index contributed by atoms with van der Waals surface area (Å²) in [4.78, 5) is 4.76. The van der Waals surface area contributed by atoms with E-state index in [1.54, 1.807) is 0 Å². The van der Waals surface area contributed by atoms with Gasteiger partial charge in [0.15, 0.2) is 0 Å². The smallest absolute Gasteiger partial charge is 0.0906 e. The van der Waals surface area contributed by atoms with Crippen LogP contribution in [0.15, 0.2) is 24.4 Å². The van der Waals surface area contributed by atoms with Crippen LogP contribution >= 0.6 is 0 Å². The van der Waals surface area contributed by atoms with Crippen molar-refractivity contribution in [3.8, 4) is 0 Å². The maximum atomic E-state index is 4.76. The zero-order chi connectivity index (χ0) is 12.2. The minimum Gasteiger partial charge on any atom is -0.313 e. The minimum atomic E-state index is 1.09. The third kappa shape index (κ3) is 1.30. The summed E-state index contributed by atoms with van der Waals surface area (Å²) >= 11 is 0. The number of aromatic nitrogens is 2. The van der Waals surface area contributed by atoms with E-state index >= 15 is 0 Å². The van der Waals surface area contributed by atoms with Gasteiger partial charge in [0.25, 0.3) is 0 Å². The lowest BCUT2D eigenvalue weighted by molar-refractivity contribution is 1.14. The molecule has 0 saturated carbocycles. The molecule has 17 heavy (non-hydrogen) atoms. The van der Waals surface area contributed by atoms with Crippen LogP contribution in [0.1, 0.15) is 22.4 Å². The fraction of sp³-hybridized carbons (Fsp3) is 0.267. The van der Waals surface area contributed by atoms with Gasteiger partial charge in [-0.2, -0.15) is 0 Å². The van der Waals surface area contributed by atoms with Gasteiger partial charge in [-0.1, -0.05) is 0 Å². The van der Waals surface area contributed by atoms with Crippen LogP contribution < -0.4 is 0 Å². The summed E-state index contributed by atoms with van der Waals surface area (Å²) in [5, 5.41) is 0. The summed E-state index contributed by atoms with van der Waals surface area (Å²) in [7, 11) is 0. The van der Waals surface area contributed by atoms with Crippen molar-refractivity contribution < 1.29 is 0 Å². The monoisotopic (exact) mass is 224 g/mol. The van der Waals surface area contributed by atoms with Gasteiger partial charge in [-0.15, -0.1) is 0 Å². The van der Waals surface area contributed by atoms with Gasteiger partial charge in [-0.25, -0.2) is 4.98 Å². The normalized spacial score (nSPS) is 11.5. The van der Waals surface area contributed by atoms with E-state index in [0.717, 1.165) is 11.2 Å². The maximum absolute atomic E-state index is 4.76. The molecule has 1 aromatic carbocycles. The first kappa shape index (κ1) is 10.3. The molecule has 2 heteroatoms. The van der Waals surface area contributed by atoms with Gasteiger partial charge >= 0.3 is 0 Å². The largest absolute Gasteiger partial charge is 0.313 e. The first-order valence-electron chi connectivity index (χ1n) is 5.94. The molecule has 0 N–H and O–H groups in total. The number of benzene rings is 1. The lowest BCUT2D eigenvalue weighted by Crippen LogP contribution is -1.98. The van der Waals surface area contributed by atoms with E-state index in [0.29, 0.717) is 0 Å². The Bertz CT molecular complexity index is 736. The number of fused-ring (bicyclic) bond motifs is 3. The van der Waals surface area contributed by atoms with Gasteiger partial charge in [0.1, 0.15) is 0 Å². The van der Waals surface area contributed by atoms with Crippen LogP contribution in [0.5, 0.6) is 0 Å². The summed E-state index contributed by atoms with van der Waals surface area (Å²) in [6, 6.07) is 6.43. The topological polar surface area (TPSA) is 17.3 Å². The van der Waals surface area contributed by atoms with Crippen LogP contribution in [0.25, 0.3) is 16.6 Å². The van der Waals surface area contributed by atoms with Gasteiger partial charge < -0.3 is 4.40 Å². The molecule has 0 bridgehead atoms. The Morgan fingerprint density at radius 1 is 1.00 bits per heavy atom. The molecule has 86 valence electrons. The molecule has 0 unspecified atom stereocenters. The molecular weight excluding hydrogens is 208 g/mol. The molecule has 0 aliphatic carbocycles. The molecule has 0 spiro atoms. The van der Waals surface area contributed by atoms with Crippen LogP contribution in [0.2, 0.25) is 0 Å². The Morgan fingerprint density at radius 3 is 2.53 bits per heavy atom. The third-order valence-electron chi connectivity index (χ3n) is 3.76. The van der Waals surface area contributed by atoms with E-state index < -0.39 is 0 Å². The van der Waals surface area contributed by atoms with Crippen LogP contribution in [0.3, 0.4) is 0 Å². The third-order valence-corrected chi connectivity index (χ3v) is 3.76. The molecule has 2 nitrogen and oxygen atoms in total. The fourth-order valence-electron chi connectivity index (χ4n) is 2.48. The highest BCUT2D eigenvalue weighted by molar-refractivity contribution is 5.84. The summed E-state index contributed by atoms with van der Waals surface area (Å²) in [5.74, 6) is 0. The molecule has 2 heterocycles. The predicted molar refractivity (Wildman–Crippen MR) is 71.6 cm³/mol. The van der Waals surface area contributed by atoms with Gasteiger partial charge in [-0.05, 0) is 62.6 Å². The quantitative estimate of drug-likeness (QED) is 0.569. The Morgan fingerprint density at radius 2 is 1.76 bits per heavy atom. The molecular formula is C15H16N2. The Hall–Kier alpha value is -1.83. The van der Waals surface area contributed by atoms with Crippen LogP contribution in [0, 0.1) is 27.7 Å². The van der Waals surface area contributed by atoms with E-state index in [4.69, 9.17) is 4.98 Å². The second-order valence-electron chi connectivity index (χ2n) is 4.77. The number of hydrogen-bond donors (Lipinski definition) is 0. The summed E-state index contributed by atoms with van der Waals surface area (Å²) in [6.07, 6.45) is 2.11. The SMILES string of the molecule is Cc1cc2c(nc(C)c3cccn32)c(C)c1C. The van der Waals surface area contributed by atoms with Crippen LogP contribution in [-0.4, -0.2) is 9.38 Å². The minimum absolute atomic E-state index is 1.09. The zero-order valence-electron chi connectivity index (χ0n) is 10.7. The Kier molecular flexibility index (Phi) is 2.02. The first-order chi connectivity index (χ1) is 8.09. The summed E-state index contributed by atoms with van der Waals surface area (Å²) in [5.41, 5.74) is 8.57. The van der Waals surface area contributed by atoms with Crippen molar-refractivity contribution in [2.75, 3.05) is 0 Å². The molecule has 0 fully saturated rings. The molecule has 0 atom stereocenters. The number of hydrogen-bond acceptors (Lipinski definition) is 1. The van der Waals surface area contributed by atoms with Gasteiger partial charge in [-0.3, -0.25) is 0 Å². The van der Waals surface area contributed by atoms with Gasteiger partial charge in [0.2, 0.25) is 0 Å². The first-order valence-corrected chi connectivity index (χ1v) is 5.94. The predicted octanol–water partition coefficient (Wildman–Crippen LogP) is 3.72. The molecule has 0 saturated heterocycles.